The first kappa shape index (κ1) is 17.7. The minimum absolute atomic E-state index is 0.144. The summed E-state index contributed by atoms with van der Waals surface area (Å²) in [7, 11) is 0. The number of aromatic nitrogens is 2. The highest BCUT2D eigenvalue weighted by Crippen LogP contribution is 2.18. The number of nitrogens with zero attached hydrogens (tertiary/aromatic N) is 2. The summed E-state index contributed by atoms with van der Waals surface area (Å²) in [6, 6.07) is 10.9. The van der Waals surface area contributed by atoms with E-state index >= 15 is 0 Å². The number of carbonyl (C=O) groups is 1. The lowest BCUT2D eigenvalue weighted by atomic mass is 10.3. The molecule has 9 heteroatoms. The standard InChI is InChI=1S/C17H13F2N3O3S/c18-11-1-5-13(6-2-11)24-9-15(23)20-17-22-21-16(26-17)10-25-14-7-3-12(19)4-8-14/h1-8H,9-10H2,(H,20,22,23). The van der Waals surface area contributed by atoms with E-state index < -0.39 is 5.91 Å². The highest BCUT2D eigenvalue weighted by atomic mass is 32.1. The first-order valence-corrected chi connectivity index (χ1v) is 8.29. The smallest absolute Gasteiger partial charge is 0.264 e. The summed E-state index contributed by atoms with van der Waals surface area (Å²) in [5.41, 5.74) is 0. The second kappa shape index (κ2) is 8.34. The van der Waals surface area contributed by atoms with Crippen molar-refractivity contribution >= 4 is 22.4 Å². The van der Waals surface area contributed by atoms with Crippen molar-refractivity contribution in [1.29, 1.82) is 0 Å². The van der Waals surface area contributed by atoms with Crippen molar-refractivity contribution < 1.29 is 23.0 Å². The van der Waals surface area contributed by atoms with Gasteiger partial charge in [-0.1, -0.05) is 11.3 Å². The predicted octanol–water partition coefficient (Wildman–Crippen LogP) is 3.41. The molecule has 0 fully saturated rings. The summed E-state index contributed by atoms with van der Waals surface area (Å²) < 4.78 is 36.3. The Morgan fingerprint density at radius 2 is 1.50 bits per heavy atom. The quantitative estimate of drug-likeness (QED) is 0.683. The lowest BCUT2D eigenvalue weighted by molar-refractivity contribution is -0.118. The van der Waals surface area contributed by atoms with E-state index in [0.717, 1.165) is 11.3 Å². The van der Waals surface area contributed by atoms with Gasteiger partial charge in [-0.05, 0) is 48.5 Å². The third-order valence-electron chi connectivity index (χ3n) is 3.07. The highest BCUT2D eigenvalue weighted by molar-refractivity contribution is 7.15. The zero-order chi connectivity index (χ0) is 18.4. The monoisotopic (exact) mass is 377 g/mol. The summed E-state index contributed by atoms with van der Waals surface area (Å²) in [5, 5.41) is 11.1. The summed E-state index contributed by atoms with van der Waals surface area (Å²) in [4.78, 5) is 11.8. The van der Waals surface area contributed by atoms with E-state index in [1.807, 2.05) is 0 Å². The van der Waals surface area contributed by atoms with Gasteiger partial charge in [-0.25, -0.2) is 8.78 Å². The van der Waals surface area contributed by atoms with Crippen LogP contribution in [0.2, 0.25) is 0 Å². The second-order valence-electron chi connectivity index (χ2n) is 5.03. The van der Waals surface area contributed by atoms with Gasteiger partial charge >= 0.3 is 0 Å². The number of hydrogen-bond acceptors (Lipinski definition) is 6. The van der Waals surface area contributed by atoms with Crippen LogP contribution in [0.15, 0.2) is 48.5 Å². The fraction of sp³-hybridized carbons (Fsp3) is 0.118. The molecule has 0 aliphatic heterocycles. The molecule has 134 valence electrons. The van der Waals surface area contributed by atoms with Crippen LogP contribution in [-0.2, 0) is 11.4 Å². The molecule has 1 amide bonds. The van der Waals surface area contributed by atoms with Crippen molar-refractivity contribution in [2.45, 2.75) is 6.61 Å². The lowest BCUT2D eigenvalue weighted by Crippen LogP contribution is -2.20. The van der Waals surface area contributed by atoms with Crippen molar-refractivity contribution in [3.63, 3.8) is 0 Å². The minimum Gasteiger partial charge on any atom is -0.486 e. The van der Waals surface area contributed by atoms with Crippen molar-refractivity contribution in [2.24, 2.45) is 0 Å². The van der Waals surface area contributed by atoms with Gasteiger partial charge < -0.3 is 9.47 Å². The summed E-state index contributed by atoms with van der Waals surface area (Å²) in [6.07, 6.45) is 0. The molecule has 2 aromatic carbocycles. The van der Waals surface area contributed by atoms with Gasteiger partial charge in [0.05, 0.1) is 0 Å². The highest BCUT2D eigenvalue weighted by Gasteiger charge is 2.10. The zero-order valence-corrected chi connectivity index (χ0v) is 14.1. The van der Waals surface area contributed by atoms with E-state index in [1.54, 1.807) is 0 Å². The molecule has 0 spiro atoms. The van der Waals surface area contributed by atoms with Crippen LogP contribution in [0.5, 0.6) is 11.5 Å². The number of halogens is 2. The van der Waals surface area contributed by atoms with Gasteiger partial charge in [0, 0.05) is 0 Å². The predicted molar refractivity (Wildman–Crippen MR) is 91.2 cm³/mol. The maximum Gasteiger partial charge on any atom is 0.264 e. The number of nitrogens with one attached hydrogen (secondary N) is 1. The molecule has 3 aromatic rings. The molecule has 1 heterocycles. The average molecular weight is 377 g/mol. The molecule has 0 aliphatic rings. The van der Waals surface area contributed by atoms with Gasteiger partial charge in [0.1, 0.15) is 29.7 Å². The summed E-state index contributed by atoms with van der Waals surface area (Å²) in [6.45, 7) is -0.0993. The molecular weight excluding hydrogens is 364 g/mol. The number of anilines is 1. The Kier molecular flexibility index (Phi) is 5.69. The SMILES string of the molecule is O=C(COc1ccc(F)cc1)Nc1nnc(COc2ccc(F)cc2)s1. The van der Waals surface area contributed by atoms with E-state index in [9.17, 15) is 13.6 Å². The Morgan fingerprint density at radius 3 is 2.12 bits per heavy atom. The molecular formula is C17H13F2N3O3S. The summed E-state index contributed by atoms with van der Waals surface area (Å²) >= 11 is 1.15. The molecule has 0 saturated carbocycles. The average Bonchev–Trinajstić information content (AvgIpc) is 3.08. The summed E-state index contributed by atoms with van der Waals surface area (Å²) in [5.74, 6) is -0.268. The van der Waals surface area contributed by atoms with Crippen LogP contribution in [0.25, 0.3) is 0 Å². The lowest BCUT2D eigenvalue weighted by Gasteiger charge is -2.05. The van der Waals surface area contributed by atoms with Crippen LogP contribution >= 0.6 is 11.3 Å². The molecule has 0 bridgehead atoms. The largest absolute Gasteiger partial charge is 0.486 e. The van der Waals surface area contributed by atoms with Crippen LogP contribution < -0.4 is 14.8 Å². The molecule has 0 atom stereocenters. The van der Waals surface area contributed by atoms with Crippen molar-refractivity contribution in [1.82, 2.24) is 10.2 Å². The number of rotatable bonds is 7. The molecule has 0 radical (unpaired) electrons. The van der Waals surface area contributed by atoms with Gasteiger partial charge in [0.15, 0.2) is 11.6 Å². The van der Waals surface area contributed by atoms with Crippen LogP contribution in [0.4, 0.5) is 13.9 Å². The number of benzene rings is 2. The van der Waals surface area contributed by atoms with Crippen LogP contribution in [0.1, 0.15) is 5.01 Å². The molecule has 0 saturated heterocycles. The maximum absolute atomic E-state index is 12.8. The van der Waals surface area contributed by atoms with E-state index in [4.69, 9.17) is 9.47 Å². The number of carbonyl (C=O) groups excluding carboxylic acids is 1. The van der Waals surface area contributed by atoms with Gasteiger partial charge in [0.2, 0.25) is 5.13 Å². The van der Waals surface area contributed by atoms with Gasteiger partial charge in [-0.3, -0.25) is 10.1 Å². The molecule has 1 aromatic heterocycles. The van der Waals surface area contributed by atoms with Gasteiger partial charge in [-0.15, -0.1) is 10.2 Å². The van der Waals surface area contributed by atoms with E-state index in [0.29, 0.717) is 21.6 Å². The van der Waals surface area contributed by atoms with Gasteiger partial charge in [-0.2, -0.15) is 0 Å². The topological polar surface area (TPSA) is 73.3 Å². The van der Waals surface area contributed by atoms with E-state index in [-0.39, 0.29) is 24.8 Å². The maximum atomic E-state index is 12.8. The number of hydrogen-bond donors (Lipinski definition) is 1. The van der Waals surface area contributed by atoms with E-state index in [2.05, 4.69) is 15.5 Å². The first-order valence-electron chi connectivity index (χ1n) is 7.47. The third-order valence-corrected chi connectivity index (χ3v) is 3.88. The third kappa shape index (κ3) is 5.21. The molecule has 0 unspecified atom stereocenters. The van der Waals surface area contributed by atoms with Crippen molar-refractivity contribution in [3.8, 4) is 11.5 Å². The second-order valence-corrected chi connectivity index (χ2v) is 6.10. The number of ether oxygens (including phenoxy) is 2. The Labute approximate surface area is 151 Å². The van der Waals surface area contributed by atoms with E-state index in [1.165, 1.54) is 48.5 Å². The number of amides is 1. The van der Waals surface area contributed by atoms with Crippen LogP contribution in [0, 0.1) is 11.6 Å². The zero-order valence-electron chi connectivity index (χ0n) is 13.3. The Balaban J connectivity index is 1.45. The van der Waals surface area contributed by atoms with Crippen LogP contribution in [0.3, 0.4) is 0 Å². The minimum atomic E-state index is -0.420. The fourth-order valence-corrected chi connectivity index (χ4v) is 2.54. The molecule has 1 N–H and O–H groups in total. The van der Waals surface area contributed by atoms with Crippen molar-refractivity contribution in [3.05, 3.63) is 65.2 Å². The Morgan fingerprint density at radius 1 is 0.923 bits per heavy atom. The molecule has 26 heavy (non-hydrogen) atoms. The van der Waals surface area contributed by atoms with Gasteiger partial charge in [0.25, 0.3) is 5.91 Å². The molecule has 0 aliphatic carbocycles. The molecule has 3 rings (SSSR count). The van der Waals surface area contributed by atoms with Crippen molar-refractivity contribution in [2.75, 3.05) is 11.9 Å². The molecule has 6 nitrogen and oxygen atoms in total. The fourth-order valence-electron chi connectivity index (χ4n) is 1.87. The normalized spacial score (nSPS) is 10.4. The Bertz CT molecular complexity index is 870. The Hall–Kier alpha value is -3.07. The first-order chi connectivity index (χ1) is 12.6. The van der Waals surface area contributed by atoms with Crippen LogP contribution in [-0.4, -0.2) is 22.7 Å².